The molecule has 2 N–H and O–H groups in total. The molecule has 0 saturated heterocycles. The van der Waals surface area contributed by atoms with Gasteiger partial charge in [-0.1, -0.05) is 39.0 Å². The van der Waals surface area contributed by atoms with E-state index in [1.807, 2.05) is 24.3 Å². The third-order valence-electron chi connectivity index (χ3n) is 2.81. The minimum Gasteiger partial charge on any atom is -0.491 e. The van der Waals surface area contributed by atoms with Crippen molar-refractivity contribution in [3.05, 3.63) is 29.8 Å². The Morgan fingerprint density at radius 2 is 2.00 bits per heavy atom. The molecule has 0 heterocycles. The van der Waals surface area contributed by atoms with Gasteiger partial charge in [0.2, 0.25) is 0 Å². The van der Waals surface area contributed by atoms with Crippen LogP contribution in [-0.2, 0) is 6.54 Å². The molecule has 5 nitrogen and oxygen atoms in total. The molecule has 1 aromatic rings. The molecular weight excluding hydrogens is 268 g/mol. The van der Waals surface area contributed by atoms with Crippen LogP contribution in [0, 0.1) is 5.41 Å². The molecule has 1 aromatic carbocycles. The maximum Gasteiger partial charge on any atom is 0.317 e. The Hall–Kier alpha value is -1.75. The largest absolute Gasteiger partial charge is 0.491 e. The summed E-state index contributed by atoms with van der Waals surface area (Å²) in [7, 11) is 1.79. The van der Waals surface area contributed by atoms with E-state index >= 15 is 0 Å². The molecule has 2 amide bonds. The van der Waals surface area contributed by atoms with Gasteiger partial charge in [0.1, 0.15) is 12.4 Å². The number of carbonyl (C=O) groups excluding carboxylic acids is 1. The molecule has 0 atom stereocenters. The lowest BCUT2D eigenvalue weighted by Crippen LogP contribution is -2.41. The first-order valence-electron chi connectivity index (χ1n) is 7.14. The zero-order valence-electron chi connectivity index (χ0n) is 13.3. The summed E-state index contributed by atoms with van der Waals surface area (Å²) in [5.41, 5.74) is 0.956. The Balaban J connectivity index is 2.56. The van der Waals surface area contributed by atoms with Gasteiger partial charge in [0.25, 0.3) is 0 Å². The topological polar surface area (TPSA) is 61.8 Å². The van der Waals surface area contributed by atoms with Gasteiger partial charge in [-0.2, -0.15) is 0 Å². The van der Waals surface area contributed by atoms with Gasteiger partial charge in [-0.05, 0) is 11.5 Å². The Bertz CT molecular complexity index is 455. The highest BCUT2D eigenvalue weighted by atomic mass is 16.5. The van der Waals surface area contributed by atoms with E-state index in [1.165, 1.54) is 0 Å². The molecule has 0 aliphatic rings. The molecule has 0 aliphatic carbocycles. The van der Waals surface area contributed by atoms with Crippen molar-refractivity contribution in [3.63, 3.8) is 0 Å². The van der Waals surface area contributed by atoms with Crippen molar-refractivity contribution < 1.29 is 14.6 Å². The molecular formula is C16H26N2O3. The number of urea groups is 1. The zero-order chi connectivity index (χ0) is 15.9. The SMILES string of the molecule is CN(CC(C)(C)C)C(=O)NCc1ccccc1OCCO. The summed E-state index contributed by atoms with van der Waals surface area (Å²) in [4.78, 5) is 13.7. The van der Waals surface area contributed by atoms with Crippen molar-refractivity contribution in [2.45, 2.75) is 27.3 Å². The third-order valence-corrected chi connectivity index (χ3v) is 2.81. The smallest absolute Gasteiger partial charge is 0.317 e. The first-order chi connectivity index (χ1) is 9.83. The first kappa shape index (κ1) is 17.3. The number of hydrogen-bond donors (Lipinski definition) is 2. The number of para-hydroxylation sites is 1. The summed E-state index contributed by atoms with van der Waals surface area (Å²) < 4.78 is 5.44. The number of amides is 2. The minimum absolute atomic E-state index is 0.0327. The van der Waals surface area contributed by atoms with Crippen molar-refractivity contribution in [2.75, 3.05) is 26.8 Å². The number of aliphatic hydroxyl groups is 1. The van der Waals surface area contributed by atoms with Crippen LogP contribution in [0.1, 0.15) is 26.3 Å². The monoisotopic (exact) mass is 294 g/mol. The molecule has 0 unspecified atom stereocenters. The van der Waals surface area contributed by atoms with Crippen LogP contribution in [0.5, 0.6) is 5.75 Å². The standard InChI is InChI=1S/C16H26N2O3/c1-16(2,3)12-18(4)15(20)17-11-13-7-5-6-8-14(13)21-10-9-19/h5-8,19H,9-12H2,1-4H3,(H,17,20). The fraction of sp³-hybridized carbons (Fsp3) is 0.562. The summed E-state index contributed by atoms with van der Waals surface area (Å²) >= 11 is 0. The van der Waals surface area contributed by atoms with Crippen LogP contribution in [0.4, 0.5) is 4.79 Å². The molecule has 0 spiro atoms. The average Bonchev–Trinajstić information content (AvgIpc) is 2.41. The summed E-state index contributed by atoms with van der Waals surface area (Å²) in [6.07, 6.45) is 0. The fourth-order valence-electron chi connectivity index (χ4n) is 2.04. The fourth-order valence-corrected chi connectivity index (χ4v) is 2.04. The predicted molar refractivity (Wildman–Crippen MR) is 83.3 cm³/mol. The molecule has 5 heteroatoms. The number of hydrogen-bond acceptors (Lipinski definition) is 3. The summed E-state index contributed by atoms with van der Waals surface area (Å²) in [6, 6.07) is 7.38. The number of rotatable bonds is 6. The Morgan fingerprint density at radius 3 is 2.62 bits per heavy atom. The van der Waals surface area contributed by atoms with Gasteiger partial charge < -0.3 is 20.1 Å². The van der Waals surface area contributed by atoms with E-state index in [-0.39, 0.29) is 24.7 Å². The number of aliphatic hydroxyl groups excluding tert-OH is 1. The predicted octanol–water partition coefficient (Wildman–Crippen LogP) is 2.25. The highest BCUT2D eigenvalue weighted by molar-refractivity contribution is 5.74. The van der Waals surface area contributed by atoms with E-state index in [9.17, 15) is 4.79 Å². The van der Waals surface area contributed by atoms with Gasteiger partial charge in [0.05, 0.1) is 6.61 Å². The van der Waals surface area contributed by atoms with Crippen LogP contribution in [0.3, 0.4) is 0 Å². The molecule has 0 bridgehead atoms. The van der Waals surface area contributed by atoms with E-state index in [2.05, 4.69) is 26.1 Å². The number of ether oxygens (including phenoxy) is 1. The summed E-state index contributed by atoms with van der Waals surface area (Å²) in [5, 5.41) is 11.7. The number of carbonyl (C=O) groups is 1. The van der Waals surface area contributed by atoms with Gasteiger partial charge in [-0.15, -0.1) is 0 Å². The van der Waals surface area contributed by atoms with Crippen molar-refractivity contribution in [1.29, 1.82) is 0 Å². The second-order valence-corrected chi connectivity index (χ2v) is 6.26. The van der Waals surface area contributed by atoms with Gasteiger partial charge in [0.15, 0.2) is 0 Å². The number of nitrogens with zero attached hydrogens (tertiary/aromatic N) is 1. The van der Waals surface area contributed by atoms with E-state index in [1.54, 1.807) is 11.9 Å². The van der Waals surface area contributed by atoms with Gasteiger partial charge in [-0.25, -0.2) is 4.79 Å². The average molecular weight is 294 g/mol. The molecule has 0 aromatic heterocycles. The molecule has 0 aliphatic heterocycles. The highest BCUT2D eigenvalue weighted by Crippen LogP contribution is 2.18. The normalized spacial score (nSPS) is 11.1. The maximum atomic E-state index is 12.1. The van der Waals surface area contributed by atoms with Gasteiger partial charge in [-0.3, -0.25) is 0 Å². The Kier molecular flexibility index (Phi) is 6.49. The van der Waals surface area contributed by atoms with Crippen LogP contribution in [0.15, 0.2) is 24.3 Å². The van der Waals surface area contributed by atoms with Crippen molar-refractivity contribution >= 4 is 6.03 Å². The van der Waals surface area contributed by atoms with Crippen LogP contribution >= 0.6 is 0 Å². The van der Waals surface area contributed by atoms with Crippen LogP contribution in [0.25, 0.3) is 0 Å². The van der Waals surface area contributed by atoms with Crippen molar-refractivity contribution in [1.82, 2.24) is 10.2 Å². The maximum absolute atomic E-state index is 12.1. The highest BCUT2D eigenvalue weighted by Gasteiger charge is 2.17. The Morgan fingerprint density at radius 1 is 1.33 bits per heavy atom. The molecule has 0 radical (unpaired) electrons. The lowest BCUT2D eigenvalue weighted by molar-refractivity contribution is 0.187. The summed E-state index contributed by atoms with van der Waals surface area (Å²) in [6.45, 7) is 7.57. The van der Waals surface area contributed by atoms with Gasteiger partial charge >= 0.3 is 6.03 Å². The first-order valence-corrected chi connectivity index (χ1v) is 7.14. The molecule has 21 heavy (non-hydrogen) atoms. The van der Waals surface area contributed by atoms with Crippen LogP contribution in [0.2, 0.25) is 0 Å². The van der Waals surface area contributed by atoms with Crippen LogP contribution < -0.4 is 10.1 Å². The lowest BCUT2D eigenvalue weighted by atomic mass is 9.96. The molecule has 0 fully saturated rings. The van der Waals surface area contributed by atoms with E-state index < -0.39 is 0 Å². The van der Waals surface area contributed by atoms with Gasteiger partial charge in [0, 0.05) is 25.7 Å². The Labute approximate surface area is 126 Å². The number of benzene rings is 1. The van der Waals surface area contributed by atoms with E-state index in [4.69, 9.17) is 9.84 Å². The van der Waals surface area contributed by atoms with Crippen molar-refractivity contribution in [2.24, 2.45) is 5.41 Å². The lowest BCUT2D eigenvalue weighted by Gasteiger charge is -2.26. The van der Waals surface area contributed by atoms with Crippen LogP contribution in [-0.4, -0.2) is 42.8 Å². The molecule has 1 rings (SSSR count). The summed E-state index contributed by atoms with van der Waals surface area (Å²) in [5.74, 6) is 0.685. The quantitative estimate of drug-likeness (QED) is 0.846. The van der Waals surface area contributed by atoms with Crippen molar-refractivity contribution in [3.8, 4) is 5.75 Å². The van der Waals surface area contributed by atoms with E-state index in [0.29, 0.717) is 18.8 Å². The minimum atomic E-state index is -0.109. The third kappa shape index (κ3) is 6.49. The number of nitrogens with one attached hydrogen (secondary N) is 1. The second-order valence-electron chi connectivity index (χ2n) is 6.26. The second kappa shape index (κ2) is 7.88. The molecule has 118 valence electrons. The van der Waals surface area contributed by atoms with E-state index in [0.717, 1.165) is 5.56 Å². The zero-order valence-corrected chi connectivity index (χ0v) is 13.3. The molecule has 0 saturated carbocycles.